The van der Waals surface area contributed by atoms with Gasteiger partial charge in [0.25, 0.3) is 0 Å². The summed E-state index contributed by atoms with van der Waals surface area (Å²) in [6.07, 6.45) is 1.63. The topological polar surface area (TPSA) is 54.3 Å². The third-order valence-corrected chi connectivity index (χ3v) is 2.36. The lowest BCUT2D eigenvalue weighted by atomic mass is 10.1. The van der Waals surface area contributed by atoms with Gasteiger partial charge in [-0.2, -0.15) is 0 Å². The Morgan fingerprint density at radius 3 is 2.47 bits per heavy atom. The number of hydrogen-bond donors (Lipinski definition) is 2. The minimum Gasteiger partial charge on any atom is -0.468 e. The van der Waals surface area contributed by atoms with E-state index >= 15 is 0 Å². The van der Waals surface area contributed by atoms with E-state index < -0.39 is 0 Å². The Kier molecular flexibility index (Phi) is 4.34. The second-order valence-corrected chi connectivity index (χ2v) is 5.36. The summed E-state index contributed by atoms with van der Waals surface area (Å²) in [6, 6.07) is 3.50. The second kappa shape index (κ2) is 5.36. The zero-order valence-corrected chi connectivity index (χ0v) is 11.2. The van der Waals surface area contributed by atoms with Gasteiger partial charge in [-0.05, 0) is 46.8 Å². The quantitative estimate of drug-likeness (QED) is 0.845. The van der Waals surface area contributed by atoms with Crippen molar-refractivity contribution in [3.63, 3.8) is 0 Å². The first kappa shape index (κ1) is 13.8. The molecular formula is C13H22N2O2. The molecule has 1 heterocycles. The minimum absolute atomic E-state index is 0.00379. The Morgan fingerprint density at radius 2 is 2.00 bits per heavy atom. The monoisotopic (exact) mass is 238 g/mol. The van der Waals surface area contributed by atoms with Gasteiger partial charge in [-0.3, -0.25) is 10.1 Å². The average Bonchev–Trinajstić information content (AvgIpc) is 2.67. The van der Waals surface area contributed by atoms with E-state index in [2.05, 4.69) is 10.6 Å². The highest BCUT2D eigenvalue weighted by atomic mass is 16.3. The fourth-order valence-corrected chi connectivity index (χ4v) is 1.55. The van der Waals surface area contributed by atoms with Crippen molar-refractivity contribution in [1.29, 1.82) is 0 Å². The number of amides is 1. The maximum absolute atomic E-state index is 11.9. The molecule has 0 spiro atoms. The molecule has 1 amide bonds. The van der Waals surface area contributed by atoms with Gasteiger partial charge < -0.3 is 9.73 Å². The molecule has 0 saturated carbocycles. The lowest BCUT2D eigenvalue weighted by molar-refractivity contribution is -0.124. The first-order chi connectivity index (χ1) is 7.79. The standard InChI is InChI=1S/C13H22N2O2/c1-9(11-7-6-8-17-11)14-10(2)12(16)15-13(3,4)5/h6-10,14H,1-5H3,(H,15,16)/t9-,10?/m1/s1. The van der Waals surface area contributed by atoms with Crippen molar-refractivity contribution >= 4 is 5.91 Å². The van der Waals surface area contributed by atoms with Gasteiger partial charge in [-0.15, -0.1) is 0 Å². The lowest BCUT2D eigenvalue weighted by Crippen LogP contribution is -2.49. The van der Waals surface area contributed by atoms with Crippen LogP contribution in [-0.2, 0) is 4.79 Å². The van der Waals surface area contributed by atoms with E-state index in [4.69, 9.17) is 4.42 Å². The van der Waals surface area contributed by atoms with E-state index in [0.717, 1.165) is 5.76 Å². The van der Waals surface area contributed by atoms with E-state index in [-0.39, 0.29) is 23.5 Å². The van der Waals surface area contributed by atoms with Crippen molar-refractivity contribution in [2.45, 2.75) is 52.2 Å². The summed E-state index contributed by atoms with van der Waals surface area (Å²) < 4.78 is 5.28. The first-order valence-electron chi connectivity index (χ1n) is 5.91. The largest absolute Gasteiger partial charge is 0.468 e. The van der Waals surface area contributed by atoms with Gasteiger partial charge in [-0.25, -0.2) is 0 Å². The van der Waals surface area contributed by atoms with Crippen molar-refractivity contribution in [3.8, 4) is 0 Å². The van der Waals surface area contributed by atoms with Gasteiger partial charge in [0, 0.05) is 5.54 Å². The predicted octanol–water partition coefficient (Wildman–Crippen LogP) is 2.23. The summed E-state index contributed by atoms with van der Waals surface area (Å²) in [6.45, 7) is 9.72. The SMILES string of the molecule is CC(N[C@H](C)c1ccco1)C(=O)NC(C)(C)C. The van der Waals surface area contributed by atoms with Gasteiger partial charge in [-0.1, -0.05) is 0 Å². The molecule has 2 atom stereocenters. The van der Waals surface area contributed by atoms with Crippen LogP contribution in [0.25, 0.3) is 0 Å². The molecule has 17 heavy (non-hydrogen) atoms. The average molecular weight is 238 g/mol. The molecule has 2 N–H and O–H groups in total. The Balaban J connectivity index is 2.49. The van der Waals surface area contributed by atoms with Gasteiger partial charge in [0.15, 0.2) is 0 Å². The van der Waals surface area contributed by atoms with E-state index in [9.17, 15) is 4.79 Å². The van der Waals surface area contributed by atoms with Gasteiger partial charge in [0.1, 0.15) is 5.76 Å². The predicted molar refractivity (Wildman–Crippen MR) is 67.6 cm³/mol. The normalized spacial score (nSPS) is 15.4. The van der Waals surface area contributed by atoms with Gasteiger partial charge in [0.2, 0.25) is 5.91 Å². The number of rotatable bonds is 4. The molecule has 0 aliphatic carbocycles. The molecule has 4 nitrogen and oxygen atoms in total. The Morgan fingerprint density at radius 1 is 1.35 bits per heavy atom. The summed E-state index contributed by atoms with van der Waals surface area (Å²) in [7, 11) is 0. The summed E-state index contributed by atoms with van der Waals surface area (Å²) in [5.41, 5.74) is -0.207. The van der Waals surface area contributed by atoms with E-state index in [1.54, 1.807) is 6.26 Å². The van der Waals surface area contributed by atoms with Crippen LogP contribution in [0.2, 0.25) is 0 Å². The van der Waals surface area contributed by atoms with E-state index in [1.807, 2.05) is 46.8 Å². The third-order valence-electron chi connectivity index (χ3n) is 2.36. The molecule has 0 aliphatic rings. The molecule has 0 saturated heterocycles. The fourth-order valence-electron chi connectivity index (χ4n) is 1.55. The maximum Gasteiger partial charge on any atom is 0.237 e. The summed E-state index contributed by atoms with van der Waals surface area (Å²) in [5.74, 6) is 0.830. The van der Waals surface area contributed by atoms with Crippen molar-refractivity contribution in [3.05, 3.63) is 24.2 Å². The van der Waals surface area contributed by atoms with Crippen LogP contribution in [0.1, 0.15) is 46.4 Å². The summed E-state index contributed by atoms with van der Waals surface area (Å²) in [5, 5.41) is 6.14. The molecule has 0 aliphatic heterocycles. The molecule has 4 heteroatoms. The van der Waals surface area contributed by atoms with Crippen molar-refractivity contribution < 1.29 is 9.21 Å². The highest BCUT2D eigenvalue weighted by Gasteiger charge is 2.21. The smallest absolute Gasteiger partial charge is 0.237 e. The maximum atomic E-state index is 11.9. The molecule has 0 aromatic carbocycles. The van der Waals surface area contributed by atoms with Gasteiger partial charge in [0.05, 0.1) is 18.3 Å². The molecule has 96 valence electrons. The number of nitrogens with one attached hydrogen (secondary N) is 2. The molecular weight excluding hydrogens is 216 g/mol. The van der Waals surface area contributed by atoms with Crippen LogP contribution in [0.4, 0.5) is 0 Å². The lowest BCUT2D eigenvalue weighted by Gasteiger charge is -2.25. The number of carbonyl (C=O) groups is 1. The van der Waals surface area contributed by atoms with Crippen molar-refractivity contribution in [2.24, 2.45) is 0 Å². The summed E-state index contributed by atoms with van der Waals surface area (Å²) >= 11 is 0. The van der Waals surface area contributed by atoms with Crippen LogP contribution in [-0.4, -0.2) is 17.5 Å². The molecule has 0 radical (unpaired) electrons. The van der Waals surface area contributed by atoms with Crippen LogP contribution in [0.3, 0.4) is 0 Å². The van der Waals surface area contributed by atoms with Crippen LogP contribution < -0.4 is 10.6 Å². The molecule has 1 rings (SSSR count). The Bertz CT molecular complexity index is 352. The number of carbonyl (C=O) groups excluding carboxylic acids is 1. The number of furan rings is 1. The van der Waals surface area contributed by atoms with Crippen LogP contribution >= 0.6 is 0 Å². The zero-order chi connectivity index (χ0) is 13.1. The van der Waals surface area contributed by atoms with Gasteiger partial charge >= 0.3 is 0 Å². The van der Waals surface area contributed by atoms with E-state index in [1.165, 1.54) is 0 Å². The highest BCUT2D eigenvalue weighted by molar-refractivity contribution is 5.81. The fraction of sp³-hybridized carbons (Fsp3) is 0.615. The Hall–Kier alpha value is -1.29. The summed E-state index contributed by atoms with van der Waals surface area (Å²) in [4.78, 5) is 11.9. The molecule has 1 aromatic heterocycles. The molecule has 1 unspecified atom stereocenters. The molecule has 1 aromatic rings. The molecule has 0 bridgehead atoms. The highest BCUT2D eigenvalue weighted by Crippen LogP contribution is 2.13. The van der Waals surface area contributed by atoms with Crippen LogP contribution in [0.15, 0.2) is 22.8 Å². The van der Waals surface area contributed by atoms with E-state index in [0.29, 0.717) is 0 Å². The van der Waals surface area contributed by atoms with Crippen molar-refractivity contribution in [1.82, 2.24) is 10.6 Å². The van der Waals surface area contributed by atoms with Crippen LogP contribution in [0.5, 0.6) is 0 Å². The van der Waals surface area contributed by atoms with Crippen LogP contribution in [0, 0.1) is 0 Å². The van der Waals surface area contributed by atoms with Crippen molar-refractivity contribution in [2.75, 3.05) is 0 Å². The minimum atomic E-state index is -0.255. The molecule has 0 fully saturated rings. The number of hydrogen-bond acceptors (Lipinski definition) is 3. The Labute approximate surface area is 103 Å². The third kappa shape index (κ3) is 4.61. The zero-order valence-electron chi connectivity index (χ0n) is 11.2. The second-order valence-electron chi connectivity index (χ2n) is 5.36. The first-order valence-corrected chi connectivity index (χ1v) is 5.91.